The van der Waals surface area contributed by atoms with Crippen molar-refractivity contribution in [1.82, 2.24) is 14.6 Å². The van der Waals surface area contributed by atoms with Gasteiger partial charge in [0.1, 0.15) is 5.65 Å². The Morgan fingerprint density at radius 2 is 2.47 bits per heavy atom. The van der Waals surface area contributed by atoms with Crippen molar-refractivity contribution in [3.05, 3.63) is 33.4 Å². The van der Waals surface area contributed by atoms with Crippen LogP contribution in [0.2, 0.25) is 0 Å². The van der Waals surface area contributed by atoms with Gasteiger partial charge >= 0.3 is 0 Å². The van der Waals surface area contributed by atoms with Crippen LogP contribution in [0.5, 0.6) is 0 Å². The molecule has 1 atom stereocenters. The summed E-state index contributed by atoms with van der Waals surface area (Å²) in [6, 6.07) is 0. The minimum absolute atomic E-state index is 0.0638. The van der Waals surface area contributed by atoms with Gasteiger partial charge in [0.25, 0.3) is 5.56 Å². The van der Waals surface area contributed by atoms with Crippen LogP contribution in [0.1, 0.15) is 29.8 Å². The lowest BCUT2D eigenvalue weighted by Crippen LogP contribution is -2.17. The summed E-state index contributed by atoms with van der Waals surface area (Å²) in [7, 11) is 0. The molecule has 0 saturated heterocycles. The fourth-order valence-electron chi connectivity index (χ4n) is 2.05. The molecule has 0 bridgehead atoms. The van der Waals surface area contributed by atoms with Crippen LogP contribution in [0.3, 0.4) is 0 Å². The van der Waals surface area contributed by atoms with Crippen LogP contribution in [0.15, 0.2) is 11.0 Å². The third-order valence-corrected chi connectivity index (χ3v) is 2.87. The molecule has 5 heteroatoms. The molecule has 1 unspecified atom stereocenters. The monoisotopic (exact) mass is 205 g/mol. The van der Waals surface area contributed by atoms with E-state index in [0.717, 1.165) is 16.9 Å². The van der Waals surface area contributed by atoms with Gasteiger partial charge in [0.15, 0.2) is 0 Å². The van der Waals surface area contributed by atoms with Crippen molar-refractivity contribution in [2.24, 2.45) is 0 Å². The molecule has 0 spiro atoms. The van der Waals surface area contributed by atoms with E-state index in [4.69, 9.17) is 4.74 Å². The Morgan fingerprint density at radius 1 is 1.67 bits per heavy atom. The van der Waals surface area contributed by atoms with Gasteiger partial charge < -0.3 is 9.72 Å². The molecule has 1 N–H and O–H groups in total. The van der Waals surface area contributed by atoms with Crippen LogP contribution in [0, 0.1) is 6.92 Å². The molecule has 78 valence electrons. The molecule has 3 rings (SSSR count). The molecule has 1 aliphatic rings. The maximum atomic E-state index is 11.8. The Labute approximate surface area is 85.7 Å². The minimum Gasteiger partial charge on any atom is -0.367 e. The van der Waals surface area contributed by atoms with Gasteiger partial charge in [-0.25, -0.2) is 4.52 Å². The number of aryl methyl sites for hydroxylation is 1. The summed E-state index contributed by atoms with van der Waals surface area (Å²) < 4.78 is 7.20. The molecule has 2 aromatic rings. The standard InChI is InChI=1S/C10H11N3O2/c1-5-3-11-13-7-4-15-6(2)8(7)10(14)12-9(5)13/h3,6H,4H2,1-2H3,(H,12,14). The van der Waals surface area contributed by atoms with Gasteiger partial charge in [0.2, 0.25) is 0 Å². The highest BCUT2D eigenvalue weighted by molar-refractivity contribution is 5.47. The maximum absolute atomic E-state index is 11.8. The SMILES string of the molecule is Cc1cnn2c3c(c(=O)[nH]c12)C(C)OC3. The molecule has 0 saturated carbocycles. The summed E-state index contributed by atoms with van der Waals surface area (Å²) in [6.45, 7) is 4.26. The van der Waals surface area contributed by atoms with Gasteiger partial charge in [-0.15, -0.1) is 0 Å². The van der Waals surface area contributed by atoms with E-state index < -0.39 is 0 Å². The normalized spacial score (nSPS) is 19.7. The van der Waals surface area contributed by atoms with Crippen molar-refractivity contribution in [2.45, 2.75) is 26.6 Å². The number of fused-ring (bicyclic) bond motifs is 3. The molecule has 0 amide bonds. The molecule has 15 heavy (non-hydrogen) atoms. The Morgan fingerprint density at radius 3 is 3.27 bits per heavy atom. The van der Waals surface area contributed by atoms with Crippen LogP contribution in [-0.2, 0) is 11.3 Å². The topological polar surface area (TPSA) is 59.4 Å². The first-order valence-corrected chi connectivity index (χ1v) is 4.89. The second kappa shape index (κ2) is 2.70. The number of aromatic amines is 1. The number of hydrogen-bond acceptors (Lipinski definition) is 3. The molecule has 3 heterocycles. The molecule has 2 aromatic heterocycles. The van der Waals surface area contributed by atoms with Crippen molar-refractivity contribution in [1.29, 1.82) is 0 Å². The molecule has 0 fully saturated rings. The number of nitrogens with zero attached hydrogens (tertiary/aromatic N) is 2. The highest BCUT2D eigenvalue weighted by Gasteiger charge is 2.26. The lowest BCUT2D eigenvalue weighted by atomic mass is 10.2. The van der Waals surface area contributed by atoms with E-state index in [1.807, 2.05) is 13.8 Å². The predicted molar refractivity (Wildman–Crippen MR) is 53.8 cm³/mol. The summed E-state index contributed by atoms with van der Waals surface area (Å²) in [5.74, 6) is 0. The lowest BCUT2D eigenvalue weighted by molar-refractivity contribution is 0.0777. The molecule has 0 aromatic carbocycles. The van der Waals surface area contributed by atoms with E-state index in [1.54, 1.807) is 10.7 Å². The average molecular weight is 205 g/mol. The Bertz CT molecular complexity index is 596. The van der Waals surface area contributed by atoms with Crippen LogP contribution < -0.4 is 5.56 Å². The van der Waals surface area contributed by atoms with Crippen molar-refractivity contribution >= 4 is 5.65 Å². The molecule has 5 nitrogen and oxygen atoms in total. The van der Waals surface area contributed by atoms with Gasteiger partial charge in [0, 0.05) is 5.56 Å². The fourth-order valence-corrected chi connectivity index (χ4v) is 2.05. The Hall–Kier alpha value is -1.62. The van der Waals surface area contributed by atoms with Crippen LogP contribution in [0.4, 0.5) is 0 Å². The first-order valence-electron chi connectivity index (χ1n) is 4.89. The van der Waals surface area contributed by atoms with Crippen molar-refractivity contribution in [3.63, 3.8) is 0 Å². The number of aromatic nitrogens is 3. The van der Waals surface area contributed by atoms with Gasteiger partial charge in [0.05, 0.1) is 30.2 Å². The van der Waals surface area contributed by atoms with Gasteiger partial charge in [-0.2, -0.15) is 5.10 Å². The number of hydrogen-bond donors (Lipinski definition) is 1. The summed E-state index contributed by atoms with van der Waals surface area (Å²) in [5, 5.41) is 4.23. The Kier molecular flexibility index (Phi) is 1.56. The number of H-pyrrole nitrogens is 1. The van der Waals surface area contributed by atoms with Crippen molar-refractivity contribution in [3.8, 4) is 0 Å². The lowest BCUT2D eigenvalue weighted by Gasteiger charge is -2.02. The predicted octanol–water partition coefficient (Wildman–Crippen LogP) is 0.922. The third-order valence-electron chi connectivity index (χ3n) is 2.87. The zero-order valence-electron chi connectivity index (χ0n) is 8.57. The number of ether oxygens (including phenoxy) is 1. The first kappa shape index (κ1) is 8.67. The van der Waals surface area contributed by atoms with E-state index in [-0.39, 0.29) is 11.7 Å². The second-order valence-corrected chi connectivity index (χ2v) is 3.86. The van der Waals surface area contributed by atoms with Gasteiger partial charge in [-0.3, -0.25) is 4.79 Å². The summed E-state index contributed by atoms with van der Waals surface area (Å²) in [6.07, 6.45) is 1.60. The zero-order chi connectivity index (χ0) is 10.6. The van der Waals surface area contributed by atoms with Crippen LogP contribution >= 0.6 is 0 Å². The summed E-state index contributed by atoms with van der Waals surface area (Å²) >= 11 is 0. The molecule has 1 aliphatic heterocycles. The first-order chi connectivity index (χ1) is 7.18. The maximum Gasteiger partial charge on any atom is 0.257 e. The summed E-state index contributed by atoms with van der Waals surface area (Å²) in [4.78, 5) is 14.6. The van der Waals surface area contributed by atoms with Gasteiger partial charge in [-0.05, 0) is 13.8 Å². The highest BCUT2D eigenvalue weighted by Crippen LogP contribution is 2.27. The van der Waals surface area contributed by atoms with Crippen molar-refractivity contribution < 1.29 is 4.74 Å². The third kappa shape index (κ3) is 1.01. The van der Waals surface area contributed by atoms with Crippen molar-refractivity contribution in [2.75, 3.05) is 0 Å². The smallest absolute Gasteiger partial charge is 0.257 e. The summed E-state index contributed by atoms with van der Waals surface area (Å²) in [5.41, 5.74) is 3.23. The second-order valence-electron chi connectivity index (χ2n) is 3.86. The largest absolute Gasteiger partial charge is 0.367 e. The number of nitrogens with one attached hydrogen (secondary N) is 1. The molecular weight excluding hydrogens is 194 g/mol. The van der Waals surface area contributed by atoms with Crippen LogP contribution in [-0.4, -0.2) is 14.6 Å². The van der Waals surface area contributed by atoms with E-state index in [0.29, 0.717) is 12.2 Å². The van der Waals surface area contributed by atoms with E-state index in [9.17, 15) is 4.79 Å². The average Bonchev–Trinajstić information content (AvgIpc) is 2.73. The highest BCUT2D eigenvalue weighted by atomic mass is 16.5. The minimum atomic E-state index is -0.141. The quantitative estimate of drug-likeness (QED) is 0.695. The Balaban J connectivity index is 2.49. The van der Waals surface area contributed by atoms with E-state index >= 15 is 0 Å². The molecular formula is C10H11N3O2. The van der Waals surface area contributed by atoms with Crippen LogP contribution in [0.25, 0.3) is 5.65 Å². The van der Waals surface area contributed by atoms with E-state index in [2.05, 4.69) is 10.1 Å². The number of rotatable bonds is 0. The van der Waals surface area contributed by atoms with Gasteiger partial charge in [-0.1, -0.05) is 0 Å². The fraction of sp³-hybridized carbons (Fsp3) is 0.400. The molecule has 0 radical (unpaired) electrons. The van der Waals surface area contributed by atoms with E-state index in [1.165, 1.54) is 0 Å². The zero-order valence-corrected chi connectivity index (χ0v) is 8.57. The molecule has 0 aliphatic carbocycles.